The zero-order valence-corrected chi connectivity index (χ0v) is 17.7. The number of hydrazone groups is 1. The molecule has 2 aromatic rings. The second-order valence-electron chi connectivity index (χ2n) is 6.76. The molecule has 0 saturated heterocycles. The molecule has 0 radical (unpaired) electrons. The van der Waals surface area contributed by atoms with Gasteiger partial charge in [-0.15, -0.1) is 0 Å². The highest BCUT2D eigenvalue weighted by Crippen LogP contribution is 2.30. The highest BCUT2D eigenvalue weighted by molar-refractivity contribution is 6.35. The third kappa shape index (κ3) is 7.81. The van der Waals surface area contributed by atoms with Gasteiger partial charge in [-0.05, 0) is 31.5 Å². The van der Waals surface area contributed by atoms with Gasteiger partial charge in [-0.3, -0.25) is 14.4 Å². The third-order valence-electron chi connectivity index (χ3n) is 3.91. The Morgan fingerprint density at radius 1 is 1.03 bits per heavy atom. The Morgan fingerprint density at radius 3 is 2.45 bits per heavy atom. The van der Waals surface area contributed by atoms with Crippen LogP contribution < -0.4 is 25.5 Å². The van der Waals surface area contributed by atoms with Crippen molar-refractivity contribution in [2.45, 2.75) is 26.4 Å². The minimum atomic E-state index is -0.893. The van der Waals surface area contributed by atoms with E-state index in [2.05, 4.69) is 21.2 Å². The summed E-state index contributed by atoms with van der Waals surface area (Å²) in [6.45, 7) is 3.62. The van der Waals surface area contributed by atoms with Crippen molar-refractivity contribution >= 4 is 23.9 Å². The Labute approximate surface area is 180 Å². The molecule has 0 bridgehead atoms. The number of amides is 3. The summed E-state index contributed by atoms with van der Waals surface area (Å²) in [4.78, 5) is 35.5. The summed E-state index contributed by atoms with van der Waals surface area (Å²) >= 11 is 0. The molecular formula is C22H26N4O5. The van der Waals surface area contributed by atoms with E-state index < -0.39 is 11.8 Å². The molecule has 3 N–H and O–H groups in total. The van der Waals surface area contributed by atoms with Crippen LogP contribution in [-0.2, 0) is 20.9 Å². The van der Waals surface area contributed by atoms with E-state index in [1.165, 1.54) is 13.3 Å². The highest BCUT2D eigenvalue weighted by Gasteiger charge is 2.14. The quantitative estimate of drug-likeness (QED) is 0.318. The van der Waals surface area contributed by atoms with E-state index in [1.807, 2.05) is 30.3 Å². The number of nitrogens with one attached hydrogen (secondary N) is 3. The Hall–Kier alpha value is -3.88. The molecule has 0 unspecified atom stereocenters. The molecule has 0 aliphatic rings. The van der Waals surface area contributed by atoms with Gasteiger partial charge < -0.3 is 20.1 Å². The van der Waals surface area contributed by atoms with Crippen LogP contribution in [0.3, 0.4) is 0 Å². The summed E-state index contributed by atoms with van der Waals surface area (Å²) in [6.07, 6.45) is 1.31. The van der Waals surface area contributed by atoms with Crippen molar-refractivity contribution in [3.05, 3.63) is 59.7 Å². The molecule has 0 heterocycles. The average Bonchev–Trinajstić information content (AvgIpc) is 2.76. The van der Waals surface area contributed by atoms with E-state index in [4.69, 9.17) is 9.47 Å². The van der Waals surface area contributed by atoms with Gasteiger partial charge in [0.2, 0.25) is 0 Å². The van der Waals surface area contributed by atoms with Crippen LogP contribution >= 0.6 is 0 Å². The predicted molar refractivity (Wildman–Crippen MR) is 116 cm³/mol. The maximum atomic E-state index is 12.2. The van der Waals surface area contributed by atoms with Crippen molar-refractivity contribution in [2.75, 3.05) is 13.7 Å². The molecule has 0 aliphatic carbocycles. The highest BCUT2D eigenvalue weighted by atomic mass is 16.5. The Balaban J connectivity index is 1.98. The first-order valence-electron chi connectivity index (χ1n) is 9.65. The first kappa shape index (κ1) is 23.4. The molecule has 9 nitrogen and oxygen atoms in total. The summed E-state index contributed by atoms with van der Waals surface area (Å²) in [5.74, 6) is -1.32. The van der Waals surface area contributed by atoms with E-state index in [0.717, 1.165) is 5.56 Å². The molecule has 0 spiro atoms. The largest absolute Gasteiger partial charge is 0.493 e. The molecule has 0 aliphatic heterocycles. The molecule has 0 saturated carbocycles. The molecule has 0 atom stereocenters. The van der Waals surface area contributed by atoms with E-state index in [-0.39, 0.29) is 24.3 Å². The molecule has 164 valence electrons. The van der Waals surface area contributed by atoms with Crippen molar-refractivity contribution in [3.8, 4) is 11.5 Å². The predicted octanol–water partition coefficient (Wildman–Crippen LogP) is 1.37. The van der Waals surface area contributed by atoms with Gasteiger partial charge in [-0.1, -0.05) is 36.4 Å². The van der Waals surface area contributed by atoms with Gasteiger partial charge in [0.25, 0.3) is 5.91 Å². The molecule has 31 heavy (non-hydrogen) atoms. The number of hydrogen-bond acceptors (Lipinski definition) is 6. The molecular weight excluding hydrogens is 400 g/mol. The van der Waals surface area contributed by atoms with Crippen LogP contribution in [-0.4, -0.2) is 43.7 Å². The van der Waals surface area contributed by atoms with Gasteiger partial charge in [-0.25, -0.2) is 5.43 Å². The first-order valence-corrected chi connectivity index (χ1v) is 9.65. The lowest BCUT2D eigenvalue weighted by atomic mass is 10.2. The lowest BCUT2D eigenvalue weighted by Gasteiger charge is -2.13. The maximum Gasteiger partial charge on any atom is 0.329 e. The SMILES string of the molecule is COc1cccc(/C=N\NC(=O)C(=O)NC(C)C)c1OCC(=O)NCc1ccccc1. The van der Waals surface area contributed by atoms with Crippen molar-refractivity contribution in [2.24, 2.45) is 5.10 Å². The summed E-state index contributed by atoms with van der Waals surface area (Å²) in [6, 6.07) is 14.4. The fraction of sp³-hybridized carbons (Fsp3) is 0.273. The number of rotatable bonds is 9. The standard InChI is InChI=1S/C22H26N4O5/c1-15(2)25-21(28)22(29)26-24-13-17-10-7-11-18(30-3)20(17)31-14-19(27)23-12-16-8-5-4-6-9-16/h4-11,13,15H,12,14H2,1-3H3,(H,23,27)(H,25,28)(H,26,29)/b24-13-. The topological polar surface area (TPSA) is 118 Å². The van der Waals surface area contributed by atoms with Gasteiger partial charge in [0.15, 0.2) is 18.1 Å². The van der Waals surface area contributed by atoms with Gasteiger partial charge in [0.1, 0.15) is 0 Å². The molecule has 0 fully saturated rings. The van der Waals surface area contributed by atoms with Gasteiger partial charge in [0, 0.05) is 18.2 Å². The lowest BCUT2D eigenvalue weighted by molar-refractivity contribution is -0.139. The fourth-order valence-corrected chi connectivity index (χ4v) is 2.47. The van der Waals surface area contributed by atoms with Crippen molar-refractivity contribution < 1.29 is 23.9 Å². The molecule has 0 aromatic heterocycles. The first-order chi connectivity index (χ1) is 14.9. The normalized spacial score (nSPS) is 10.6. The van der Waals surface area contributed by atoms with Crippen LogP contribution in [0.4, 0.5) is 0 Å². The second-order valence-corrected chi connectivity index (χ2v) is 6.76. The summed E-state index contributed by atoms with van der Waals surface area (Å²) < 4.78 is 10.9. The minimum absolute atomic E-state index is 0.173. The van der Waals surface area contributed by atoms with E-state index in [9.17, 15) is 14.4 Å². The van der Waals surface area contributed by atoms with Crippen molar-refractivity contribution in [3.63, 3.8) is 0 Å². The molecule has 9 heteroatoms. The third-order valence-corrected chi connectivity index (χ3v) is 3.91. The van der Waals surface area contributed by atoms with Crippen LogP contribution in [0.1, 0.15) is 25.0 Å². The number of carbonyl (C=O) groups excluding carboxylic acids is 3. The summed E-state index contributed by atoms with van der Waals surface area (Å²) in [7, 11) is 1.47. The number of hydrogen-bond donors (Lipinski definition) is 3. The molecule has 2 rings (SSSR count). The zero-order chi connectivity index (χ0) is 22.6. The monoisotopic (exact) mass is 426 g/mol. The van der Waals surface area contributed by atoms with Crippen LogP contribution in [0.25, 0.3) is 0 Å². The molecule has 2 aromatic carbocycles. The second kappa shape index (κ2) is 12.0. The molecule has 3 amide bonds. The van der Waals surface area contributed by atoms with Crippen molar-refractivity contribution in [1.29, 1.82) is 0 Å². The number of benzene rings is 2. The Kier molecular flexibility index (Phi) is 9.03. The van der Waals surface area contributed by atoms with Crippen LogP contribution in [0.15, 0.2) is 53.6 Å². The van der Waals surface area contributed by atoms with Crippen LogP contribution in [0.5, 0.6) is 11.5 Å². The number of nitrogens with zero attached hydrogens (tertiary/aromatic N) is 1. The lowest BCUT2D eigenvalue weighted by Crippen LogP contribution is -2.41. The number of methoxy groups -OCH3 is 1. The Morgan fingerprint density at radius 2 is 1.77 bits per heavy atom. The van der Waals surface area contributed by atoms with Crippen LogP contribution in [0, 0.1) is 0 Å². The number of para-hydroxylation sites is 1. The van der Waals surface area contributed by atoms with Gasteiger partial charge in [-0.2, -0.15) is 5.10 Å². The minimum Gasteiger partial charge on any atom is -0.493 e. The van der Waals surface area contributed by atoms with Gasteiger partial charge in [0.05, 0.1) is 13.3 Å². The van der Waals surface area contributed by atoms with E-state index >= 15 is 0 Å². The Bertz CT molecular complexity index is 929. The number of ether oxygens (including phenoxy) is 2. The van der Waals surface area contributed by atoms with E-state index in [1.54, 1.807) is 32.0 Å². The van der Waals surface area contributed by atoms with Gasteiger partial charge >= 0.3 is 11.8 Å². The maximum absolute atomic E-state index is 12.2. The zero-order valence-electron chi connectivity index (χ0n) is 17.7. The summed E-state index contributed by atoms with van der Waals surface area (Å²) in [5.41, 5.74) is 3.58. The summed E-state index contributed by atoms with van der Waals surface area (Å²) in [5, 5.41) is 9.02. The van der Waals surface area contributed by atoms with Crippen LogP contribution in [0.2, 0.25) is 0 Å². The smallest absolute Gasteiger partial charge is 0.329 e. The fourth-order valence-electron chi connectivity index (χ4n) is 2.47. The van der Waals surface area contributed by atoms with Crippen molar-refractivity contribution in [1.82, 2.24) is 16.1 Å². The average molecular weight is 426 g/mol. The number of carbonyl (C=O) groups is 3. The van der Waals surface area contributed by atoms with E-state index in [0.29, 0.717) is 17.9 Å².